The van der Waals surface area contributed by atoms with Crippen LogP contribution in [0.1, 0.15) is 19.4 Å². The van der Waals surface area contributed by atoms with Gasteiger partial charge in [-0.2, -0.15) is 5.26 Å². The standard InChI is InChI=1S/C13H18N4O/c1-9(2)12(13(18)16-15)17(3)11-6-4-5-10(7-11)8-14/h4-7,9,12H,15H2,1-3H3,(H,16,18). The Kier molecular flexibility index (Phi) is 4.69. The van der Waals surface area contributed by atoms with Crippen molar-refractivity contribution < 1.29 is 4.79 Å². The molecule has 1 aromatic rings. The van der Waals surface area contributed by atoms with Crippen LogP contribution in [0.3, 0.4) is 0 Å². The minimum atomic E-state index is -0.371. The van der Waals surface area contributed by atoms with Gasteiger partial charge in [0.15, 0.2) is 0 Å². The molecular weight excluding hydrogens is 228 g/mol. The Balaban J connectivity index is 3.06. The fourth-order valence-electron chi connectivity index (χ4n) is 1.97. The van der Waals surface area contributed by atoms with E-state index >= 15 is 0 Å². The minimum absolute atomic E-state index is 0.101. The van der Waals surface area contributed by atoms with E-state index in [4.69, 9.17) is 11.1 Å². The highest BCUT2D eigenvalue weighted by atomic mass is 16.2. The van der Waals surface area contributed by atoms with Crippen LogP contribution in [0.4, 0.5) is 5.69 Å². The van der Waals surface area contributed by atoms with Gasteiger partial charge in [0.1, 0.15) is 6.04 Å². The molecule has 1 aromatic carbocycles. The van der Waals surface area contributed by atoms with Crippen molar-refractivity contribution in [1.29, 1.82) is 5.26 Å². The molecule has 0 radical (unpaired) electrons. The van der Waals surface area contributed by atoms with E-state index in [0.717, 1.165) is 5.69 Å². The number of carbonyl (C=O) groups is 1. The molecule has 0 aliphatic carbocycles. The lowest BCUT2D eigenvalue weighted by atomic mass is 10.0. The molecule has 0 spiro atoms. The maximum atomic E-state index is 11.8. The normalized spacial score (nSPS) is 11.8. The van der Waals surface area contributed by atoms with Crippen LogP contribution in [0.2, 0.25) is 0 Å². The van der Waals surface area contributed by atoms with Crippen molar-refractivity contribution in [2.45, 2.75) is 19.9 Å². The predicted octanol–water partition coefficient (Wildman–Crippen LogP) is 1.01. The fraction of sp³-hybridized carbons (Fsp3) is 0.385. The van der Waals surface area contributed by atoms with Crippen molar-refractivity contribution in [3.63, 3.8) is 0 Å². The van der Waals surface area contributed by atoms with Crippen molar-refractivity contribution >= 4 is 11.6 Å². The average Bonchev–Trinajstić information content (AvgIpc) is 2.38. The molecule has 18 heavy (non-hydrogen) atoms. The molecule has 0 aliphatic rings. The Morgan fingerprint density at radius 2 is 2.17 bits per heavy atom. The fourth-order valence-corrected chi connectivity index (χ4v) is 1.97. The highest BCUT2D eigenvalue weighted by Crippen LogP contribution is 2.20. The largest absolute Gasteiger partial charge is 0.362 e. The number of hydrogen-bond acceptors (Lipinski definition) is 4. The van der Waals surface area contributed by atoms with Gasteiger partial charge in [-0.3, -0.25) is 10.2 Å². The van der Waals surface area contributed by atoms with Gasteiger partial charge in [0, 0.05) is 12.7 Å². The summed E-state index contributed by atoms with van der Waals surface area (Å²) in [6.07, 6.45) is 0. The van der Waals surface area contributed by atoms with Crippen LogP contribution in [0.5, 0.6) is 0 Å². The first-order chi connectivity index (χ1) is 8.51. The smallest absolute Gasteiger partial charge is 0.256 e. The third kappa shape index (κ3) is 2.99. The summed E-state index contributed by atoms with van der Waals surface area (Å²) in [7, 11) is 1.82. The Labute approximate surface area is 107 Å². The van der Waals surface area contributed by atoms with Crippen LogP contribution in [-0.2, 0) is 4.79 Å². The molecule has 0 heterocycles. The zero-order valence-corrected chi connectivity index (χ0v) is 10.8. The highest BCUT2D eigenvalue weighted by Gasteiger charge is 2.26. The van der Waals surface area contributed by atoms with E-state index in [1.165, 1.54) is 0 Å². The van der Waals surface area contributed by atoms with Crippen LogP contribution in [0.25, 0.3) is 0 Å². The van der Waals surface area contributed by atoms with Gasteiger partial charge >= 0.3 is 0 Å². The summed E-state index contributed by atoms with van der Waals surface area (Å²) in [5.74, 6) is 5.06. The topological polar surface area (TPSA) is 82.2 Å². The number of rotatable bonds is 4. The molecule has 0 fully saturated rings. The molecule has 3 N–H and O–H groups in total. The second-order valence-electron chi connectivity index (χ2n) is 4.47. The van der Waals surface area contributed by atoms with Crippen molar-refractivity contribution in [3.05, 3.63) is 29.8 Å². The monoisotopic (exact) mass is 246 g/mol. The number of nitrogens with one attached hydrogen (secondary N) is 1. The molecule has 0 aliphatic heterocycles. The van der Waals surface area contributed by atoms with E-state index < -0.39 is 0 Å². The van der Waals surface area contributed by atoms with Gasteiger partial charge in [0.05, 0.1) is 11.6 Å². The van der Waals surface area contributed by atoms with Gasteiger partial charge in [-0.15, -0.1) is 0 Å². The Hall–Kier alpha value is -2.06. The van der Waals surface area contributed by atoms with Gasteiger partial charge in [-0.05, 0) is 24.1 Å². The summed E-state index contributed by atoms with van der Waals surface area (Å²) in [4.78, 5) is 13.6. The number of likely N-dealkylation sites (N-methyl/N-ethyl adjacent to an activating group) is 1. The first kappa shape index (κ1) is 14.0. The second kappa shape index (κ2) is 6.03. The lowest BCUT2D eigenvalue weighted by Crippen LogP contribution is -2.50. The minimum Gasteiger partial charge on any atom is -0.362 e. The number of carbonyl (C=O) groups excluding carboxylic acids is 1. The van der Waals surface area contributed by atoms with E-state index in [9.17, 15) is 4.79 Å². The molecule has 0 saturated carbocycles. The summed E-state index contributed by atoms with van der Waals surface area (Å²) in [5, 5.41) is 8.88. The number of amides is 1. The van der Waals surface area contributed by atoms with E-state index in [-0.39, 0.29) is 17.9 Å². The highest BCUT2D eigenvalue weighted by molar-refractivity contribution is 5.85. The number of nitriles is 1. The Morgan fingerprint density at radius 1 is 1.50 bits per heavy atom. The number of hydrogen-bond donors (Lipinski definition) is 2. The summed E-state index contributed by atoms with van der Waals surface area (Å²) in [6, 6.07) is 8.84. The van der Waals surface area contributed by atoms with Crippen LogP contribution in [-0.4, -0.2) is 19.0 Å². The number of nitrogens with two attached hydrogens (primary N) is 1. The van der Waals surface area contributed by atoms with Crippen molar-refractivity contribution in [1.82, 2.24) is 5.43 Å². The van der Waals surface area contributed by atoms with Crippen molar-refractivity contribution in [3.8, 4) is 6.07 Å². The molecule has 1 amide bonds. The predicted molar refractivity (Wildman–Crippen MR) is 70.5 cm³/mol. The van der Waals surface area contributed by atoms with Crippen LogP contribution in [0.15, 0.2) is 24.3 Å². The first-order valence-electron chi connectivity index (χ1n) is 5.74. The van der Waals surface area contributed by atoms with Crippen molar-refractivity contribution in [2.75, 3.05) is 11.9 Å². The molecule has 5 heteroatoms. The Bertz CT molecular complexity index is 464. The van der Waals surface area contributed by atoms with Gasteiger partial charge in [0.25, 0.3) is 5.91 Å². The zero-order valence-electron chi connectivity index (χ0n) is 10.8. The molecule has 1 atom stereocenters. The molecule has 5 nitrogen and oxygen atoms in total. The molecule has 1 rings (SSSR count). The molecule has 0 saturated heterocycles. The quantitative estimate of drug-likeness (QED) is 0.472. The number of benzene rings is 1. The van der Waals surface area contributed by atoms with Crippen LogP contribution >= 0.6 is 0 Å². The number of anilines is 1. The average molecular weight is 246 g/mol. The summed E-state index contributed by atoms with van der Waals surface area (Å²) in [6.45, 7) is 3.90. The van der Waals surface area contributed by atoms with Gasteiger partial charge in [-0.25, -0.2) is 5.84 Å². The maximum Gasteiger partial charge on any atom is 0.256 e. The number of nitrogens with zero attached hydrogens (tertiary/aromatic N) is 2. The van der Waals surface area contributed by atoms with Crippen LogP contribution < -0.4 is 16.2 Å². The summed E-state index contributed by atoms with van der Waals surface area (Å²) < 4.78 is 0. The lowest BCUT2D eigenvalue weighted by Gasteiger charge is -2.31. The van der Waals surface area contributed by atoms with E-state index in [0.29, 0.717) is 5.56 Å². The van der Waals surface area contributed by atoms with Crippen molar-refractivity contribution in [2.24, 2.45) is 11.8 Å². The van der Waals surface area contributed by atoms with Gasteiger partial charge in [0.2, 0.25) is 0 Å². The third-order valence-corrected chi connectivity index (χ3v) is 2.84. The van der Waals surface area contributed by atoms with E-state index in [2.05, 4.69) is 11.5 Å². The first-order valence-corrected chi connectivity index (χ1v) is 5.74. The maximum absolute atomic E-state index is 11.8. The summed E-state index contributed by atoms with van der Waals surface area (Å²) >= 11 is 0. The lowest BCUT2D eigenvalue weighted by molar-refractivity contribution is -0.123. The summed E-state index contributed by atoms with van der Waals surface area (Å²) in [5.41, 5.74) is 3.56. The Morgan fingerprint density at radius 3 is 2.67 bits per heavy atom. The van der Waals surface area contributed by atoms with Gasteiger partial charge < -0.3 is 4.90 Å². The third-order valence-electron chi connectivity index (χ3n) is 2.84. The van der Waals surface area contributed by atoms with Gasteiger partial charge in [-0.1, -0.05) is 19.9 Å². The SMILES string of the molecule is CC(C)C(C(=O)NN)N(C)c1cccc(C#N)c1. The van der Waals surface area contributed by atoms with E-state index in [1.54, 1.807) is 18.2 Å². The number of hydrazine groups is 1. The second-order valence-corrected chi connectivity index (χ2v) is 4.47. The van der Waals surface area contributed by atoms with E-state index in [1.807, 2.05) is 31.9 Å². The molecule has 0 bridgehead atoms. The zero-order chi connectivity index (χ0) is 13.7. The van der Waals surface area contributed by atoms with Crippen LogP contribution in [0, 0.1) is 17.2 Å². The molecular formula is C13H18N4O. The molecule has 96 valence electrons. The molecule has 0 aromatic heterocycles. The molecule has 1 unspecified atom stereocenters.